The Kier molecular flexibility index (Phi) is 6.54. The van der Waals surface area contributed by atoms with Gasteiger partial charge in [-0.2, -0.15) is 13.2 Å². The van der Waals surface area contributed by atoms with Crippen LogP contribution in [-0.2, 0) is 16.6 Å². The predicted octanol–water partition coefficient (Wildman–Crippen LogP) is 6.11. The average molecular weight is 527 g/mol. The molecule has 1 aromatic carbocycles. The van der Waals surface area contributed by atoms with Crippen molar-refractivity contribution in [2.75, 3.05) is 5.32 Å². The van der Waals surface area contributed by atoms with Crippen LogP contribution in [-0.4, -0.2) is 31.1 Å². The predicted molar refractivity (Wildman–Crippen MR) is 126 cm³/mol. The van der Waals surface area contributed by atoms with Crippen LogP contribution < -0.4 is 5.32 Å². The van der Waals surface area contributed by atoms with Gasteiger partial charge in [0.15, 0.2) is 0 Å². The highest BCUT2D eigenvalue weighted by atomic mass is 35.5. The summed E-state index contributed by atoms with van der Waals surface area (Å²) < 4.78 is 38.9. The molecule has 0 unspecified atom stereocenters. The first-order valence-electron chi connectivity index (χ1n) is 10.7. The standard InChI is InChI=1S/C23H22ClF3N4O3S/c1-21(2)11-22(34,5-3-15(21)18(32)33)19-29-10-16(35-19)12-7-13(24)9-14(8-12)30-20-28-6-4-17(31-20)23(25,26)27/h4,6-10,15,34H,3,5,11H2,1-2H3,(H,32,33)(H,28,30,31)/t15-,22-/m1/s1. The van der Waals surface area contributed by atoms with Crippen LogP contribution in [0.15, 0.2) is 36.7 Å². The lowest BCUT2D eigenvalue weighted by molar-refractivity contribution is -0.154. The zero-order valence-corrected chi connectivity index (χ0v) is 20.3. The minimum Gasteiger partial charge on any atom is -0.481 e. The SMILES string of the molecule is CC1(C)C[C@@](O)(c2ncc(-c3cc(Cl)cc(Nc4nccc(C(F)(F)F)n4)c3)s2)CC[C@@H]1C(=O)O. The van der Waals surface area contributed by atoms with Crippen LogP contribution in [0.4, 0.5) is 24.8 Å². The first-order chi connectivity index (χ1) is 16.3. The second-order valence-electron chi connectivity index (χ2n) is 9.27. The smallest absolute Gasteiger partial charge is 0.433 e. The minimum atomic E-state index is -4.60. The maximum absolute atomic E-state index is 13.0. The van der Waals surface area contributed by atoms with E-state index < -0.39 is 34.8 Å². The van der Waals surface area contributed by atoms with E-state index in [0.29, 0.717) is 32.6 Å². The van der Waals surface area contributed by atoms with Crippen molar-refractivity contribution in [1.29, 1.82) is 0 Å². The fourth-order valence-corrected chi connectivity index (χ4v) is 5.77. The second-order valence-corrected chi connectivity index (χ2v) is 10.7. The van der Waals surface area contributed by atoms with Gasteiger partial charge >= 0.3 is 12.1 Å². The fraction of sp³-hybridized carbons (Fsp3) is 0.391. The number of nitrogens with zero attached hydrogens (tertiary/aromatic N) is 3. The highest BCUT2D eigenvalue weighted by molar-refractivity contribution is 7.15. The Hall–Kier alpha value is -2.76. The first-order valence-corrected chi connectivity index (χ1v) is 11.9. The van der Waals surface area contributed by atoms with Crippen molar-refractivity contribution < 1.29 is 28.2 Å². The maximum atomic E-state index is 13.0. The molecule has 2 aromatic heterocycles. The summed E-state index contributed by atoms with van der Waals surface area (Å²) in [4.78, 5) is 24.0. The summed E-state index contributed by atoms with van der Waals surface area (Å²) in [6.07, 6.45) is -1.15. The van der Waals surface area contributed by atoms with E-state index in [1.807, 2.05) is 13.8 Å². The van der Waals surface area contributed by atoms with Gasteiger partial charge in [-0.25, -0.2) is 15.0 Å². The molecule has 0 aliphatic heterocycles. The van der Waals surface area contributed by atoms with Crippen molar-refractivity contribution in [2.45, 2.75) is 44.9 Å². The summed E-state index contributed by atoms with van der Waals surface area (Å²) in [5.41, 5.74) is -1.94. The Morgan fingerprint density at radius 1 is 1.26 bits per heavy atom. The third kappa shape index (κ3) is 5.41. The molecular formula is C23H22ClF3N4O3S. The molecule has 0 bridgehead atoms. The number of aliphatic hydroxyl groups is 1. The van der Waals surface area contributed by atoms with E-state index in [-0.39, 0.29) is 18.8 Å². The zero-order valence-electron chi connectivity index (χ0n) is 18.7. The molecule has 2 atom stereocenters. The number of aliphatic carboxylic acids is 1. The van der Waals surface area contributed by atoms with Crippen molar-refractivity contribution in [3.8, 4) is 10.4 Å². The van der Waals surface area contributed by atoms with Crippen molar-refractivity contribution in [1.82, 2.24) is 15.0 Å². The lowest BCUT2D eigenvalue weighted by atomic mass is 9.63. The summed E-state index contributed by atoms with van der Waals surface area (Å²) in [6.45, 7) is 3.66. The Bertz CT molecular complexity index is 1270. The zero-order chi connectivity index (χ0) is 25.6. The van der Waals surface area contributed by atoms with Gasteiger partial charge in [0, 0.05) is 23.1 Å². The maximum Gasteiger partial charge on any atom is 0.433 e. The molecule has 3 aromatic rings. The molecule has 1 aliphatic rings. The molecule has 1 fully saturated rings. The summed E-state index contributed by atoms with van der Waals surface area (Å²) in [5.74, 6) is -1.66. The molecule has 0 spiro atoms. The van der Waals surface area contributed by atoms with Crippen LogP contribution in [0.5, 0.6) is 0 Å². The molecule has 0 radical (unpaired) electrons. The number of alkyl halides is 3. The van der Waals surface area contributed by atoms with E-state index in [2.05, 4.69) is 20.3 Å². The number of benzene rings is 1. The summed E-state index contributed by atoms with van der Waals surface area (Å²) in [6, 6.07) is 5.65. The molecule has 0 amide bonds. The molecule has 0 saturated heterocycles. The number of nitrogens with one attached hydrogen (secondary N) is 1. The number of anilines is 2. The van der Waals surface area contributed by atoms with Crippen molar-refractivity contribution in [2.24, 2.45) is 11.3 Å². The molecule has 7 nitrogen and oxygen atoms in total. The third-order valence-electron chi connectivity index (χ3n) is 6.12. The van der Waals surface area contributed by atoms with Gasteiger partial charge in [-0.3, -0.25) is 4.79 Å². The number of carbonyl (C=O) groups is 1. The first kappa shape index (κ1) is 25.3. The van der Waals surface area contributed by atoms with Crippen molar-refractivity contribution in [3.63, 3.8) is 0 Å². The van der Waals surface area contributed by atoms with Gasteiger partial charge in [-0.15, -0.1) is 11.3 Å². The highest BCUT2D eigenvalue weighted by Crippen LogP contribution is 2.51. The normalized spacial score (nSPS) is 22.1. The number of hydrogen-bond acceptors (Lipinski definition) is 7. The molecular weight excluding hydrogens is 505 g/mol. The number of carboxylic acids is 1. The van der Waals surface area contributed by atoms with Crippen LogP contribution in [0.2, 0.25) is 5.02 Å². The van der Waals surface area contributed by atoms with E-state index in [0.717, 1.165) is 12.3 Å². The van der Waals surface area contributed by atoms with E-state index in [1.165, 1.54) is 17.4 Å². The number of thiazole rings is 1. The van der Waals surface area contributed by atoms with Gasteiger partial charge in [-0.05, 0) is 54.5 Å². The highest BCUT2D eigenvalue weighted by Gasteiger charge is 2.49. The second kappa shape index (κ2) is 9.03. The summed E-state index contributed by atoms with van der Waals surface area (Å²) >= 11 is 7.51. The van der Waals surface area contributed by atoms with Crippen LogP contribution >= 0.6 is 22.9 Å². The monoisotopic (exact) mass is 526 g/mol. The number of rotatable bonds is 5. The molecule has 1 aliphatic carbocycles. The van der Waals surface area contributed by atoms with E-state index in [1.54, 1.807) is 18.3 Å². The average Bonchev–Trinajstić information content (AvgIpc) is 3.23. The topological polar surface area (TPSA) is 108 Å². The number of halogens is 4. The quantitative estimate of drug-likeness (QED) is 0.368. The summed E-state index contributed by atoms with van der Waals surface area (Å²) in [7, 11) is 0. The van der Waals surface area contributed by atoms with E-state index >= 15 is 0 Å². The van der Waals surface area contributed by atoms with E-state index in [9.17, 15) is 28.2 Å². The van der Waals surface area contributed by atoms with Crippen molar-refractivity contribution >= 4 is 40.5 Å². The van der Waals surface area contributed by atoms with E-state index in [4.69, 9.17) is 11.6 Å². The van der Waals surface area contributed by atoms with Crippen LogP contribution in [0.25, 0.3) is 10.4 Å². The number of carboxylic acid groups (broad SMARTS) is 1. The molecule has 3 N–H and O–H groups in total. The van der Waals surface area contributed by atoms with Gasteiger partial charge in [0.05, 0.1) is 10.8 Å². The molecule has 35 heavy (non-hydrogen) atoms. The Balaban J connectivity index is 1.59. The molecule has 12 heteroatoms. The Labute approximate surface area is 208 Å². The molecule has 1 saturated carbocycles. The molecule has 186 valence electrons. The molecule has 2 heterocycles. The van der Waals surface area contributed by atoms with Crippen LogP contribution in [0.1, 0.15) is 43.8 Å². The Morgan fingerprint density at radius 3 is 2.66 bits per heavy atom. The van der Waals surface area contributed by atoms with Gasteiger partial charge in [0.25, 0.3) is 0 Å². The molecule has 4 rings (SSSR count). The van der Waals surface area contributed by atoms with Crippen molar-refractivity contribution in [3.05, 3.63) is 52.4 Å². The van der Waals surface area contributed by atoms with Gasteiger partial charge in [0.1, 0.15) is 16.3 Å². The minimum absolute atomic E-state index is 0.232. The fourth-order valence-electron chi connectivity index (χ4n) is 4.51. The van der Waals surface area contributed by atoms with Crippen LogP contribution in [0, 0.1) is 11.3 Å². The number of hydrogen-bond donors (Lipinski definition) is 3. The lowest BCUT2D eigenvalue weighted by Crippen LogP contribution is -2.44. The third-order valence-corrected chi connectivity index (χ3v) is 7.58. The summed E-state index contributed by atoms with van der Waals surface area (Å²) in [5, 5.41) is 24.4. The Morgan fingerprint density at radius 2 is 2.00 bits per heavy atom. The van der Waals surface area contributed by atoms with Gasteiger partial charge < -0.3 is 15.5 Å². The largest absolute Gasteiger partial charge is 0.481 e. The lowest BCUT2D eigenvalue weighted by Gasteiger charge is -2.44. The van der Waals surface area contributed by atoms with Gasteiger partial charge in [0.2, 0.25) is 5.95 Å². The van der Waals surface area contributed by atoms with Gasteiger partial charge in [-0.1, -0.05) is 25.4 Å². The van der Waals surface area contributed by atoms with Crippen LogP contribution in [0.3, 0.4) is 0 Å². The number of aromatic nitrogens is 3.